The van der Waals surface area contributed by atoms with Crippen molar-refractivity contribution in [2.24, 2.45) is 0 Å². The molecule has 1 spiro atoms. The molecule has 4 heterocycles. The van der Waals surface area contributed by atoms with Crippen LogP contribution in [0.2, 0.25) is 0 Å². The Kier molecular flexibility index (Phi) is 4.16. The maximum atomic E-state index is 11.5. The normalized spacial score (nSPS) is 19.9. The molecule has 1 fully saturated rings. The Hall–Kier alpha value is -2.81. The molecule has 0 unspecified atom stereocenters. The zero-order valence-corrected chi connectivity index (χ0v) is 17.5. The van der Waals surface area contributed by atoms with Crippen molar-refractivity contribution in [2.45, 2.75) is 31.3 Å². The number of fused-ring (bicyclic) bond motifs is 2. The van der Waals surface area contributed by atoms with Crippen LogP contribution in [0.5, 0.6) is 0 Å². The van der Waals surface area contributed by atoms with Crippen LogP contribution in [-0.4, -0.2) is 44.4 Å². The molecule has 0 aliphatic carbocycles. The van der Waals surface area contributed by atoms with Gasteiger partial charge in [-0.1, -0.05) is 18.2 Å². The number of amides is 1. The molecule has 3 aromatic rings. The molecule has 1 aromatic carbocycles. The van der Waals surface area contributed by atoms with Gasteiger partial charge in [-0.25, -0.2) is 14.3 Å². The van der Waals surface area contributed by atoms with Gasteiger partial charge in [-0.2, -0.15) is 5.10 Å². The lowest BCUT2D eigenvalue weighted by molar-refractivity contribution is 0.180. The summed E-state index contributed by atoms with van der Waals surface area (Å²) in [4.78, 5) is 18.6. The number of aryl methyl sites for hydroxylation is 1. The molecule has 2 aromatic heterocycles. The van der Waals surface area contributed by atoms with Crippen molar-refractivity contribution >= 4 is 39.0 Å². The number of carbonyl (C=O) groups is 1. The lowest BCUT2D eigenvalue weighted by atomic mass is 9.80. The lowest BCUT2D eigenvalue weighted by Crippen LogP contribution is -2.54. The van der Waals surface area contributed by atoms with Crippen molar-refractivity contribution in [3.63, 3.8) is 0 Å². The van der Waals surface area contributed by atoms with E-state index in [1.165, 1.54) is 0 Å². The minimum Gasteiger partial charge on any atom is -0.465 e. The largest absolute Gasteiger partial charge is 0.465 e. The Morgan fingerprint density at radius 1 is 1.31 bits per heavy atom. The molecule has 3 N–H and O–H groups in total. The van der Waals surface area contributed by atoms with Crippen LogP contribution in [0.15, 0.2) is 41.1 Å². The van der Waals surface area contributed by atoms with E-state index in [2.05, 4.69) is 36.6 Å². The van der Waals surface area contributed by atoms with Crippen molar-refractivity contribution in [1.29, 1.82) is 0 Å². The summed E-state index contributed by atoms with van der Waals surface area (Å²) in [6, 6.07) is 9.64. The Morgan fingerprint density at radius 2 is 2.07 bits per heavy atom. The van der Waals surface area contributed by atoms with E-state index in [-0.39, 0.29) is 11.6 Å². The van der Waals surface area contributed by atoms with Crippen LogP contribution < -0.4 is 15.5 Å². The van der Waals surface area contributed by atoms with Gasteiger partial charge in [0.1, 0.15) is 10.1 Å². The lowest BCUT2D eigenvalue weighted by Gasteiger charge is -2.43. The third kappa shape index (κ3) is 2.83. The number of nitrogens with zero attached hydrogens (tertiary/aromatic N) is 4. The molecule has 1 saturated heterocycles. The second-order valence-electron chi connectivity index (χ2n) is 7.68. The van der Waals surface area contributed by atoms with Gasteiger partial charge in [-0.3, -0.25) is 0 Å². The van der Waals surface area contributed by atoms with Gasteiger partial charge in [0.25, 0.3) is 0 Å². The zero-order chi connectivity index (χ0) is 20.2. The van der Waals surface area contributed by atoms with Crippen molar-refractivity contribution in [3.05, 3.63) is 52.4 Å². The van der Waals surface area contributed by atoms with Gasteiger partial charge in [0.15, 0.2) is 5.82 Å². The second-order valence-corrected chi connectivity index (χ2v) is 8.43. The van der Waals surface area contributed by atoms with Crippen molar-refractivity contribution in [3.8, 4) is 0 Å². The third-order valence-corrected chi connectivity index (χ3v) is 6.97. The summed E-state index contributed by atoms with van der Waals surface area (Å²) in [6.07, 6.45) is 2.37. The molecule has 150 valence electrons. The first kappa shape index (κ1) is 18.2. The molecule has 1 atom stereocenters. The van der Waals surface area contributed by atoms with E-state index in [0.717, 1.165) is 58.8 Å². The quantitative estimate of drug-likeness (QED) is 0.545. The first-order valence-corrected chi connectivity index (χ1v) is 10.4. The fourth-order valence-electron chi connectivity index (χ4n) is 4.65. The molecule has 2 aliphatic heterocycles. The SMILES string of the molecule is Cc1nc(N2CCC3(CC2)Nc2ccccc2[C@H]3NC(=O)O)c2ccnn2c1Br. The zero-order valence-electron chi connectivity index (χ0n) is 15.9. The van der Waals surface area contributed by atoms with E-state index in [4.69, 9.17) is 4.98 Å². The molecular formula is C20H21BrN6O2. The molecule has 2 aliphatic rings. The van der Waals surface area contributed by atoms with Crippen LogP contribution in [-0.2, 0) is 0 Å². The summed E-state index contributed by atoms with van der Waals surface area (Å²) >= 11 is 3.56. The van der Waals surface area contributed by atoms with Gasteiger partial charge >= 0.3 is 6.09 Å². The van der Waals surface area contributed by atoms with Crippen molar-refractivity contribution in [2.75, 3.05) is 23.3 Å². The van der Waals surface area contributed by atoms with E-state index in [0.29, 0.717) is 0 Å². The van der Waals surface area contributed by atoms with E-state index in [1.807, 2.05) is 41.8 Å². The average molecular weight is 457 g/mol. The number of para-hydroxylation sites is 1. The summed E-state index contributed by atoms with van der Waals surface area (Å²) in [5, 5.41) is 20.2. The van der Waals surface area contributed by atoms with E-state index in [9.17, 15) is 9.90 Å². The summed E-state index contributed by atoms with van der Waals surface area (Å²) in [5.41, 5.74) is 3.53. The molecule has 1 amide bonds. The maximum absolute atomic E-state index is 11.5. The van der Waals surface area contributed by atoms with E-state index < -0.39 is 6.09 Å². The van der Waals surface area contributed by atoms with Gasteiger partial charge in [-0.15, -0.1) is 0 Å². The number of hydrogen-bond donors (Lipinski definition) is 3. The van der Waals surface area contributed by atoms with Crippen LogP contribution in [0.4, 0.5) is 16.3 Å². The van der Waals surface area contributed by atoms with Crippen LogP contribution in [0.3, 0.4) is 0 Å². The standard InChI is InChI=1S/C20H21BrN6O2/c1-12-17(21)27-15(6-9-22-27)18(23-12)26-10-7-20(8-11-26)16(24-19(28)29)13-4-2-3-5-14(13)25-20/h2-6,9,16,24-25H,7-8,10-11H2,1H3,(H,28,29)/t16-/m1/s1. The first-order valence-electron chi connectivity index (χ1n) is 9.60. The molecule has 0 bridgehead atoms. The Labute approximate surface area is 176 Å². The van der Waals surface area contributed by atoms with Crippen molar-refractivity contribution in [1.82, 2.24) is 19.9 Å². The molecule has 5 rings (SSSR count). The Bertz CT molecular complexity index is 1110. The van der Waals surface area contributed by atoms with E-state index >= 15 is 0 Å². The number of hydrogen-bond acceptors (Lipinski definition) is 5. The van der Waals surface area contributed by atoms with Gasteiger partial charge in [0.2, 0.25) is 0 Å². The maximum Gasteiger partial charge on any atom is 0.405 e. The number of benzene rings is 1. The highest BCUT2D eigenvalue weighted by Gasteiger charge is 2.48. The summed E-state index contributed by atoms with van der Waals surface area (Å²) in [7, 11) is 0. The molecule has 9 heteroatoms. The minimum absolute atomic E-state index is 0.270. The number of piperidine rings is 1. The highest BCUT2D eigenvalue weighted by molar-refractivity contribution is 9.10. The predicted octanol–water partition coefficient (Wildman–Crippen LogP) is 3.57. The summed E-state index contributed by atoms with van der Waals surface area (Å²) < 4.78 is 2.72. The molecular weight excluding hydrogens is 436 g/mol. The number of aromatic nitrogens is 3. The van der Waals surface area contributed by atoms with Gasteiger partial charge in [0.05, 0.1) is 23.5 Å². The number of carboxylic acid groups (broad SMARTS) is 1. The van der Waals surface area contributed by atoms with Gasteiger partial charge in [0, 0.05) is 24.3 Å². The second kappa shape index (κ2) is 6.62. The number of rotatable bonds is 2. The first-order chi connectivity index (χ1) is 14.0. The average Bonchev–Trinajstić information content (AvgIpc) is 3.30. The Balaban J connectivity index is 1.45. The Morgan fingerprint density at radius 3 is 2.83 bits per heavy atom. The van der Waals surface area contributed by atoms with Crippen LogP contribution in [0.1, 0.15) is 30.1 Å². The number of nitrogens with one attached hydrogen (secondary N) is 2. The molecule has 0 saturated carbocycles. The topological polar surface area (TPSA) is 94.8 Å². The van der Waals surface area contributed by atoms with Crippen LogP contribution in [0.25, 0.3) is 5.52 Å². The highest BCUT2D eigenvalue weighted by Crippen LogP contribution is 2.47. The third-order valence-electron chi connectivity index (χ3n) is 6.06. The molecule has 0 radical (unpaired) electrons. The number of halogens is 1. The smallest absolute Gasteiger partial charge is 0.405 e. The summed E-state index contributed by atoms with van der Waals surface area (Å²) in [6.45, 7) is 3.50. The van der Waals surface area contributed by atoms with Crippen molar-refractivity contribution < 1.29 is 9.90 Å². The van der Waals surface area contributed by atoms with Gasteiger partial charge < -0.3 is 20.6 Å². The highest BCUT2D eigenvalue weighted by atomic mass is 79.9. The number of anilines is 2. The fraction of sp³-hybridized carbons (Fsp3) is 0.350. The fourth-order valence-corrected chi connectivity index (χ4v) is 5.02. The monoisotopic (exact) mass is 456 g/mol. The minimum atomic E-state index is -0.999. The van der Waals surface area contributed by atoms with Gasteiger partial charge in [-0.05, 0) is 47.8 Å². The van der Waals surface area contributed by atoms with Crippen LogP contribution >= 0.6 is 15.9 Å². The molecule has 8 nitrogen and oxygen atoms in total. The van der Waals surface area contributed by atoms with E-state index in [1.54, 1.807) is 6.20 Å². The summed E-state index contributed by atoms with van der Waals surface area (Å²) in [5.74, 6) is 0.913. The molecule has 29 heavy (non-hydrogen) atoms. The van der Waals surface area contributed by atoms with Crippen LogP contribution in [0, 0.1) is 6.92 Å². The predicted molar refractivity (Wildman–Crippen MR) is 114 cm³/mol.